The molecule has 1 rings (SSSR count). The van der Waals surface area contributed by atoms with E-state index >= 15 is 0 Å². The summed E-state index contributed by atoms with van der Waals surface area (Å²) in [6, 6.07) is 0. The topological polar surface area (TPSA) is 77.2 Å². The molecule has 0 saturated carbocycles. The van der Waals surface area contributed by atoms with Crippen LogP contribution in [0.1, 0.15) is 26.0 Å². The van der Waals surface area contributed by atoms with Gasteiger partial charge in [-0.25, -0.2) is 4.98 Å². The van der Waals surface area contributed by atoms with E-state index in [1.54, 1.807) is 5.38 Å². The first-order valence-electron chi connectivity index (χ1n) is 6.12. The van der Waals surface area contributed by atoms with Crippen LogP contribution in [0.25, 0.3) is 0 Å². The van der Waals surface area contributed by atoms with Gasteiger partial charge in [-0.05, 0) is 12.3 Å². The van der Waals surface area contributed by atoms with E-state index in [9.17, 15) is 4.79 Å². The molecule has 0 fully saturated rings. The molecule has 18 heavy (non-hydrogen) atoms. The minimum absolute atomic E-state index is 0.0484. The quantitative estimate of drug-likeness (QED) is 0.702. The smallest absolute Gasteiger partial charge is 0.226 e. The van der Waals surface area contributed by atoms with E-state index in [-0.39, 0.29) is 12.3 Å². The first kappa shape index (κ1) is 14.9. The Labute approximate surface area is 112 Å². The van der Waals surface area contributed by atoms with Gasteiger partial charge in [-0.3, -0.25) is 4.79 Å². The molecule has 0 atom stereocenters. The SMILES string of the molecule is CC(C)CCOCCNC(=O)Cc1csc(N)n1. The highest BCUT2D eigenvalue weighted by Gasteiger charge is 2.05. The summed E-state index contributed by atoms with van der Waals surface area (Å²) in [7, 11) is 0. The Morgan fingerprint density at radius 1 is 1.56 bits per heavy atom. The Hall–Kier alpha value is -1.14. The van der Waals surface area contributed by atoms with Crippen molar-refractivity contribution in [3.8, 4) is 0 Å². The van der Waals surface area contributed by atoms with Gasteiger partial charge in [0.05, 0.1) is 18.7 Å². The van der Waals surface area contributed by atoms with Crippen LogP contribution < -0.4 is 11.1 Å². The molecule has 1 heterocycles. The summed E-state index contributed by atoms with van der Waals surface area (Å²) in [5, 5.41) is 5.08. The first-order valence-corrected chi connectivity index (χ1v) is 7.00. The van der Waals surface area contributed by atoms with Crippen molar-refractivity contribution in [1.82, 2.24) is 10.3 Å². The van der Waals surface area contributed by atoms with Gasteiger partial charge in [-0.2, -0.15) is 0 Å². The number of nitrogens with two attached hydrogens (primary N) is 1. The van der Waals surface area contributed by atoms with Crippen LogP contribution in [-0.2, 0) is 16.0 Å². The number of hydrogen-bond donors (Lipinski definition) is 2. The minimum atomic E-state index is -0.0484. The summed E-state index contributed by atoms with van der Waals surface area (Å²) in [6.07, 6.45) is 1.33. The Bertz CT molecular complexity index is 366. The van der Waals surface area contributed by atoms with Crippen LogP contribution in [0.5, 0.6) is 0 Å². The van der Waals surface area contributed by atoms with E-state index < -0.39 is 0 Å². The van der Waals surface area contributed by atoms with Crippen LogP contribution in [-0.4, -0.2) is 30.6 Å². The maximum absolute atomic E-state index is 11.5. The number of nitrogen functional groups attached to an aromatic ring is 1. The van der Waals surface area contributed by atoms with Crippen molar-refractivity contribution in [3.05, 3.63) is 11.1 Å². The number of nitrogens with zero attached hydrogens (tertiary/aromatic N) is 1. The number of carbonyl (C=O) groups excluding carboxylic acids is 1. The fourth-order valence-corrected chi connectivity index (χ4v) is 1.88. The molecule has 0 radical (unpaired) electrons. The zero-order chi connectivity index (χ0) is 13.4. The molecular weight excluding hydrogens is 250 g/mol. The molecule has 0 aromatic carbocycles. The summed E-state index contributed by atoms with van der Waals surface area (Å²) < 4.78 is 5.40. The lowest BCUT2D eigenvalue weighted by Gasteiger charge is -2.07. The van der Waals surface area contributed by atoms with Gasteiger partial charge in [0.2, 0.25) is 5.91 Å². The van der Waals surface area contributed by atoms with Gasteiger partial charge < -0.3 is 15.8 Å². The number of anilines is 1. The van der Waals surface area contributed by atoms with Crippen LogP contribution >= 0.6 is 11.3 Å². The van der Waals surface area contributed by atoms with Crippen molar-refractivity contribution >= 4 is 22.4 Å². The lowest BCUT2D eigenvalue weighted by molar-refractivity contribution is -0.120. The largest absolute Gasteiger partial charge is 0.380 e. The summed E-state index contributed by atoms with van der Waals surface area (Å²) in [5.74, 6) is 0.600. The number of hydrogen-bond acceptors (Lipinski definition) is 5. The number of amides is 1. The van der Waals surface area contributed by atoms with Gasteiger partial charge in [-0.1, -0.05) is 13.8 Å². The predicted octanol–water partition coefficient (Wildman–Crippen LogP) is 1.45. The van der Waals surface area contributed by atoms with Crippen molar-refractivity contribution < 1.29 is 9.53 Å². The van der Waals surface area contributed by atoms with Gasteiger partial charge in [-0.15, -0.1) is 11.3 Å². The van der Waals surface area contributed by atoms with Crippen LogP contribution in [0.15, 0.2) is 5.38 Å². The lowest BCUT2D eigenvalue weighted by atomic mass is 10.1. The Morgan fingerprint density at radius 3 is 2.94 bits per heavy atom. The fourth-order valence-electron chi connectivity index (χ4n) is 1.31. The predicted molar refractivity (Wildman–Crippen MR) is 73.5 cm³/mol. The van der Waals surface area contributed by atoms with E-state index in [1.165, 1.54) is 11.3 Å². The molecule has 0 aliphatic rings. The number of carbonyl (C=O) groups is 1. The fraction of sp³-hybridized carbons (Fsp3) is 0.667. The van der Waals surface area contributed by atoms with Gasteiger partial charge in [0.15, 0.2) is 5.13 Å². The summed E-state index contributed by atoms with van der Waals surface area (Å²) in [6.45, 7) is 6.15. The molecular formula is C12H21N3O2S. The third kappa shape index (κ3) is 6.56. The second-order valence-corrected chi connectivity index (χ2v) is 5.39. The molecule has 1 aromatic rings. The summed E-state index contributed by atoms with van der Waals surface area (Å²) >= 11 is 1.35. The van der Waals surface area contributed by atoms with Crippen LogP contribution in [0.4, 0.5) is 5.13 Å². The molecule has 0 aliphatic carbocycles. The standard InChI is InChI=1S/C12H21N3O2S/c1-9(2)3-5-17-6-4-14-11(16)7-10-8-18-12(13)15-10/h8-9H,3-7H2,1-2H3,(H2,13,15)(H,14,16). The maximum Gasteiger partial charge on any atom is 0.226 e. The Morgan fingerprint density at radius 2 is 2.33 bits per heavy atom. The van der Waals surface area contributed by atoms with E-state index in [0.29, 0.717) is 24.2 Å². The number of nitrogens with one attached hydrogen (secondary N) is 1. The first-order chi connectivity index (χ1) is 8.58. The normalized spacial score (nSPS) is 10.8. The zero-order valence-corrected chi connectivity index (χ0v) is 11.8. The number of ether oxygens (including phenoxy) is 1. The van der Waals surface area contributed by atoms with E-state index in [0.717, 1.165) is 18.7 Å². The van der Waals surface area contributed by atoms with Gasteiger partial charge in [0.25, 0.3) is 0 Å². The Balaban J connectivity index is 2.03. The molecule has 0 saturated heterocycles. The molecule has 3 N–H and O–H groups in total. The Kier molecular flexibility index (Phi) is 6.67. The van der Waals surface area contributed by atoms with E-state index in [2.05, 4.69) is 24.1 Å². The highest BCUT2D eigenvalue weighted by Crippen LogP contribution is 2.11. The third-order valence-electron chi connectivity index (χ3n) is 2.32. The number of aromatic nitrogens is 1. The summed E-state index contributed by atoms with van der Waals surface area (Å²) in [5.41, 5.74) is 6.21. The number of thiazole rings is 1. The molecule has 0 bridgehead atoms. The number of rotatable bonds is 8. The van der Waals surface area contributed by atoms with Crippen molar-refractivity contribution in [2.75, 3.05) is 25.5 Å². The zero-order valence-electron chi connectivity index (χ0n) is 10.9. The van der Waals surface area contributed by atoms with Crippen LogP contribution in [0.2, 0.25) is 0 Å². The van der Waals surface area contributed by atoms with Crippen molar-refractivity contribution in [2.45, 2.75) is 26.7 Å². The van der Waals surface area contributed by atoms with E-state index in [1.807, 2.05) is 0 Å². The average Bonchev–Trinajstić information content (AvgIpc) is 2.68. The summed E-state index contributed by atoms with van der Waals surface area (Å²) in [4.78, 5) is 15.6. The van der Waals surface area contributed by atoms with Gasteiger partial charge in [0, 0.05) is 18.5 Å². The molecule has 102 valence electrons. The lowest BCUT2D eigenvalue weighted by Crippen LogP contribution is -2.28. The monoisotopic (exact) mass is 271 g/mol. The molecule has 0 aliphatic heterocycles. The average molecular weight is 271 g/mol. The van der Waals surface area contributed by atoms with Gasteiger partial charge >= 0.3 is 0 Å². The van der Waals surface area contributed by atoms with E-state index in [4.69, 9.17) is 10.5 Å². The molecule has 1 amide bonds. The van der Waals surface area contributed by atoms with Crippen molar-refractivity contribution in [2.24, 2.45) is 5.92 Å². The molecule has 1 aromatic heterocycles. The second kappa shape index (κ2) is 8.05. The molecule has 0 unspecified atom stereocenters. The molecule has 0 spiro atoms. The third-order valence-corrected chi connectivity index (χ3v) is 3.04. The molecule has 5 nitrogen and oxygen atoms in total. The van der Waals surface area contributed by atoms with Crippen LogP contribution in [0, 0.1) is 5.92 Å². The van der Waals surface area contributed by atoms with Gasteiger partial charge in [0.1, 0.15) is 0 Å². The van der Waals surface area contributed by atoms with Crippen molar-refractivity contribution in [3.63, 3.8) is 0 Å². The van der Waals surface area contributed by atoms with Crippen LogP contribution in [0.3, 0.4) is 0 Å². The highest BCUT2D eigenvalue weighted by molar-refractivity contribution is 7.13. The molecule has 6 heteroatoms. The maximum atomic E-state index is 11.5. The highest BCUT2D eigenvalue weighted by atomic mass is 32.1. The second-order valence-electron chi connectivity index (χ2n) is 4.50. The minimum Gasteiger partial charge on any atom is -0.380 e. The van der Waals surface area contributed by atoms with Crippen molar-refractivity contribution in [1.29, 1.82) is 0 Å².